The Morgan fingerprint density at radius 1 is 1.12 bits per heavy atom. The Kier molecular flexibility index (Phi) is 6.06. The fourth-order valence-corrected chi connectivity index (χ4v) is 0.516. The lowest BCUT2D eigenvalue weighted by atomic mass is 10.5. The maximum atomic E-state index is 5.01. The number of rotatable bonds is 0. The standard InChI is InChI=1S/C4H9NO.C2H2/c1-3-6-4-2-5-1;1-2/h5H,1-4H2;1-2H. The van der Waals surface area contributed by atoms with E-state index in [2.05, 4.69) is 18.2 Å². The highest BCUT2D eigenvalue weighted by Gasteiger charge is 1.92. The highest BCUT2D eigenvalue weighted by atomic mass is 16.5. The monoisotopic (exact) mass is 113 g/mol. The smallest absolute Gasteiger partial charge is 0.0591 e. The summed E-state index contributed by atoms with van der Waals surface area (Å²) in [6.45, 7) is 3.83. The molecule has 0 aromatic rings. The minimum absolute atomic E-state index is 0.889. The SMILES string of the molecule is C#C.C1COCCN1. The Labute approximate surface area is 50.2 Å². The first-order valence-electron chi connectivity index (χ1n) is 2.62. The van der Waals surface area contributed by atoms with Gasteiger partial charge < -0.3 is 10.1 Å². The van der Waals surface area contributed by atoms with E-state index in [0.29, 0.717) is 0 Å². The molecule has 2 heteroatoms. The van der Waals surface area contributed by atoms with Gasteiger partial charge in [-0.15, -0.1) is 12.8 Å². The molecule has 0 spiro atoms. The molecule has 0 amide bonds. The molecule has 0 atom stereocenters. The minimum Gasteiger partial charge on any atom is -0.379 e. The van der Waals surface area contributed by atoms with Gasteiger partial charge in [-0.1, -0.05) is 0 Å². The fraction of sp³-hybridized carbons (Fsp3) is 0.667. The van der Waals surface area contributed by atoms with Crippen molar-refractivity contribution in [1.29, 1.82) is 0 Å². The van der Waals surface area contributed by atoms with E-state index in [0.717, 1.165) is 26.3 Å². The maximum absolute atomic E-state index is 5.01. The molecule has 0 saturated carbocycles. The van der Waals surface area contributed by atoms with Crippen molar-refractivity contribution in [2.45, 2.75) is 0 Å². The highest BCUT2D eigenvalue weighted by Crippen LogP contribution is 1.76. The lowest BCUT2D eigenvalue weighted by Gasteiger charge is -2.10. The van der Waals surface area contributed by atoms with E-state index in [4.69, 9.17) is 4.74 Å². The zero-order valence-corrected chi connectivity index (χ0v) is 4.89. The van der Waals surface area contributed by atoms with E-state index in [1.54, 1.807) is 0 Å². The average molecular weight is 113 g/mol. The molecule has 1 heterocycles. The lowest BCUT2D eigenvalue weighted by molar-refractivity contribution is 0.109. The van der Waals surface area contributed by atoms with Crippen LogP contribution in [0.3, 0.4) is 0 Å². The van der Waals surface area contributed by atoms with Crippen molar-refractivity contribution in [2.24, 2.45) is 0 Å². The van der Waals surface area contributed by atoms with E-state index in [1.165, 1.54) is 0 Å². The van der Waals surface area contributed by atoms with Crippen molar-refractivity contribution in [3.63, 3.8) is 0 Å². The number of terminal acetylenes is 1. The molecular formula is C6H11NO. The molecule has 0 radical (unpaired) electrons. The third kappa shape index (κ3) is 3.66. The summed E-state index contributed by atoms with van der Waals surface area (Å²) in [7, 11) is 0. The topological polar surface area (TPSA) is 21.3 Å². The normalized spacial score (nSPS) is 18.2. The summed E-state index contributed by atoms with van der Waals surface area (Å²) < 4.78 is 5.01. The molecule has 46 valence electrons. The highest BCUT2D eigenvalue weighted by molar-refractivity contribution is 4.49. The van der Waals surface area contributed by atoms with Crippen LogP contribution in [0.5, 0.6) is 0 Å². The Bertz CT molecular complexity index is 45.3. The first-order chi connectivity index (χ1) is 4.00. The second-order valence-electron chi connectivity index (χ2n) is 1.36. The zero-order valence-electron chi connectivity index (χ0n) is 4.89. The summed E-state index contributed by atoms with van der Waals surface area (Å²) in [5.74, 6) is 0. The molecule has 0 aromatic heterocycles. The number of hydrogen-bond acceptors (Lipinski definition) is 2. The molecule has 0 aromatic carbocycles. The second-order valence-corrected chi connectivity index (χ2v) is 1.36. The number of ether oxygens (including phenoxy) is 1. The van der Waals surface area contributed by atoms with Crippen LogP contribution in [0.4, 0.5) is 0 Å². The van der Waals surface area contributed by atoms with E-state index in [-0.39, 0.29) is 0 Å². The number of nitrogens with one attached hydrogen (secondary N) is 1. The Morgan fingerprint density at radius 3 is 1.75 bits per heavy atom. The fourth-order valence-electron chi connectivity index (χ4n) is 0.516. The van der Waals surface area contributed by atoms with Crippen molar-refractivity contribution in [1.82, 2.24) is 5.32 Å². The van der Waals surface area contributed by atoms with Crippen LogP contribution < -0.4 is 5.32 Å². The molecule has 1 fully saturated rings. The van der Waals surface area contributed by atoms with E-state index in [1.807, 2.05) is 0 Å². The van der Waals surface area contributed by atoms with Crippen LogP contribution in [0, 0.1) is 12.8 Å². The van der Waals surface area contributed by atoms with Crippen molar-refractivity contribution in [3.05, 3.63) is 0 Å². The number of morpholine rings is 1. The predicted octanol–water partition coefficient (Wildman–Crippen LogP) is -0.144. The molecule has 1 saturated heterocycles. The van der Waals surface area contributed by atoms with Gasteiger partial charge in [-0.05, 0) is 0 Å². The maximum Gasteiger partial charge on any atom is 0.0591 e. The Hall–Kier alpha value is -0.520. The number of hydrogen-bond donors (Lipinski definition) is 1. The van der Waals surface area contributed by atoms with Gasteiger partial charge >= 0.3 is 0 Å². The summed E-state index contributed by atoms with van der Waals surface area (Å²) in [6, 6.07) is 0. The lowest BCUT2D eigenvalue weighted by Crippen LogP contribution is -2.30. The van der Waals surface area contributed by atoms with E-state index >= 15 is 0 Å². The van der Waals surface area contributed by atoms with Gasteiger partial charge in [0.05, 0.1) is 13.2 Å². The van der Waals surface area contributed by atoms with Crippen molar-refractivity contribution in [2.75, 3.05) is 26.3 Å². The molecule has 1 aliphatic heterocycles. The van der Waals surface area contributed by atoms with Crippen LogP contribution in [0.15, 0.2) is 0 Å². The van der Waals surface area contributed by atoms with E-state index in [9.17, 15) is 0 Å². The Morgan fingerprint density at radius 2 is 1.62 bits per heavy atom. The summed E-state index contributed by atoms with van der Waals surface area (Å²) >= 11 is 0. The van der Waals surface area contributed by atoms with Crippen LogP contribution in [0.25, 0.3) is 0 Å². The largest absolute Gasteiger partial charge is 0.379 e. The van der Waals surface area contributed by atoms with Gasteiger partial charge in [-0.25, -0.2) is 0 Å². The molecule has 1 N–H and O–H groups in total. The molecule has 0 aliphatic carbocycles. The third-order valence-corrected chi connectivity index (χ3v) is 0.846. The van der Waals surface area contributed by atoms with Crippen LogP contribution in [-0.2, 0) is 4.74 Å². The van der Waals surface area contributed by atoms with Gasteiger partial charge in [0, 0.05) is 13.1 Å². The molecule has 0 bridgehead atoms. The first kappa shape index (κ1) is 7.48. The van der Waals surface area contributed by atoms with Crippen LogP contribution in [0.1, 0.15) is 0 Å². The Balaban J connectivity index is 0.000000222. The summed E-state index contributed by atoms with van der Waals surface area (Å²) in [4.78, 5) is 0. The molecule has 1 aliphatic rings. The summed E-state index contributed by atoms with van der Waals surface area (Å²) in [5, 5.41) is 3.16. The molecule has 0 unspecified atom stereocenters. The van der Waals surface area contributed by atoms with Gasteiger partial charge in [-0.2, -0.15) is 0 Å². The molecule has 8 heavy (non-hydrogen) atoms. The quantitative estimate of drug-likeness (QED) is 0.441. The van der Waals surface area contributed by atoms with Crippen LogP contribution in [0.2, 0.25) is 0 Å². The molecule has 2 nitrogen and oxygen atoms in total. The molecule has 1 rings (SSSR count). The van der Waals surface area contributed by atoms with Crippen molar-refractivity contribution < 1.29 is 4.74 Å². The zero-order chi connectivity index (χ0) is 6.24. The minimum atomic E-state index is 0.889. The molecular weight excluding hydrogens is 102 g/mol. The van der Waals surface area contributed by atoms with Crippen LogP contribution >= 0.6 is 0 Å². The van der Waals surface area contributed by atoms with Gasteiger partial charge in [0.25, 0.3) is 0 Å². The van der Waals surface area contributed by atoms with Gasteiger partial charge in [0.2, 0.25) is 0 Å². The predicted molar refractivity (Wildman–Crippen MR) is 33.6 cm³/mol. The summed E-state index contributed by atoms with van der Waals surface area (Å²) in [6.07, 6.45) is 8.00. The van der Waals surface area contributed by atoms with Crippen molar-refractivity contribution in [3.8, 4) is 12.8 Å². The van der Waals surface area contributed by atoms with Crippen molar-refractivity contribution >= 4 is 0 Å². The first-order valence-corrected chi connectivity index (χ1v) is 2.62. The van der Waals surface area contributed by atoms with Gasteiger partial charge in [-0.3, -0.25) is 0 Å². The average Bonchev–Trinajstić information content (AvgIpc) is 1.96. The van der Waals surface area contributed by atoms with Crippen LogP contribution in [-0.4, -0.2) is 26.3 Å². The van der Waals surface area contributed by atoms with Gasteiger partial charge in [0.1, 0.15) is 0 Å². The van der Waals surface area contributed by atoms with E-state index < -0.39 is 0 Å². The third-order valence-electron chi connectivity index (χ3n) is 0.846. The van der Waals surface area contributed by atoms with Gasteiger partial charge in [0.15, 0.2) is 0 Å². The summed E-state index contributed by atoms with van der Waals surface area (Å²) in [5.41, 5.74) is 0. The second kappa shape index (κ2) is 6.48.